The van der Waals surface area contributed by atoms with Crippen LogP contribution in [0.1, 0.15) is 41.0 Å². The van der Waals surface area contributed by atoms with Crippen LogP contribution in [0.15, 0.2) is 0 Å². The van der Waals surface area contributed by atoms with Gasteiger partial charge in [0.25, 0.3) is 0 Å². The Morgan fingerprint density at radius 3 is 2.00 bits per heavy atom. The average Bonchev–Trinajstić information content (AvgIpc) is 2.36. The largest absolute Gasteiger partial charge is 0.304 e. The molecule has 2 fully saturated rings. The highest BCUT2D eigenvalue weighted by molar-refractivity contribution is 5.04. The highest BCUT2D eigenvalue weighted by Gasteiger charge is 2.47. The van der Waals surface area contributed by atoms with Gasteiger partial charge in [0.1, 0.15) is 0 Å². The standard InChI is InChI=1S/C15H31N3/c1-14(2,3)18-11-12(8-15(18,4)5)17-9-13(10-17)16(6)7/h12-13H,8-11H2,1-7H3/t12-/m0/s1. The molecule has 2 rings (SSSR count). The van der Waals surface area contributed by atoms with E-state index in [1.54, 1.807) is 0 Å². The van der Waals surface area contributed by atoms with Gasteiger partial charge in [-0.15, -0.1) is 0 Å². The smallest absolute Gasteiger partial charge is 0.0344 e. The second-order valence-corrected chi connectivity index (χ2v) is 8.02. The molecule has 0 aliphatic carbocycles. The van der Waals surface area contributed by atoms with Crippen LogP contribution < -0.4 is 0 Å². The fourth-order valence-corrected chi connectivity index (χ4v) is 3.75. The molecule has 3 heteroatoms. The molecule has 0 aromatic carbocycles. The van der Waals surface area contributed by atoms with Gasteiger partial charge in [0.2, 0.25) is 0 Å². The molecule has 0 amide bonds. The summed E-state index contributed by atoms with van der Waals surface area (Å²) in [6.07, 6.45) is 1.31. The molecule has 0 unspecified atom stereocenters. The summed E-state index contributed by atoms with van der Waals surface area (Å²) in [5.41, 5.74) is 0.621. The number of likely N-dealkylation sites (tertiary alicyclic amines) is 2. The summed E-state index contributed by atoms with van der Waals surface area (Å²) in [6, 6.07) is 1.53. The van der Waals surface area contributed by atoms with Crippen LogP contribution >= 0.6 is 0 Å². The van der Waals surface area contributed by atoms with Crippen molar-refractivity contribution >= 4 is 0 Å². The maximum Gasteiger partial charge on any atom is 0.0344 e. The minimum absolute atomic E-state index is 0.282. The lowest BCUT2D eigenvalue weighted by Gasteiger charge is -2.46. The molecular weight excluding hydrogens is 222 g/mol. The zero-order valence-electron chi connectivity index (χ0n) is 13.3. The van der Waals surface area contributed by atoms with E-state index in [4.69, 9.17) is 0 Å². The lowest BCUT2D eigenvalue weighted by atomic mass is 9.94. The van der Waals surface area contributed by atoms with Gasteiger partial charge in [-0.1, -0.05) is 0 Å². The van der Waals surface area contributed by atoms with Crippen LogP contribution in [0.4, 0.5) is 0 Å². The Kier molecular flexibility index (Phi) is 3.54. The van der Waals surface area contributed by atoms with Crippen LogP contribution in [0.5, 0.6) is 0 Å². The third-order valence-corrected chi connectivity index (χ3v) is 4.81. The summed E-state index contributed by atoms with van der Waals surface area (Å²) < 4.78 is 0. The molecule has 0 aromatic heterocycles. The zero-order chi connectivity index (χ0) is 13.7. The minimum Gasteiger partial charge on any atom is -0.304 e. The zero-order valence-corrected chi connectivity index (χ0v) is 13.3. The van der Waals surface area contributed by atoms with Crippen LogP contribution in [-0.2, 0) is 0 Å². The van der Waals surface area contributed by atoms with Crippen molar-refractivity contribution in [2.45, 2.75) is 64.2 Å². The van der Waals surface area contributed by atoms with Crippen LogP contribution in [0.3, 0.4) is 0 Å². The molecule has 2 heterocycles. The van der Waals surface area contributed by atoms with Crippen molar-refractivity contribution in [2.75, 3.05) is 33.7 Å². The van der Waals surface area contributed by atoms with Crippen LogP contribution in [0.2, 0.25) is 0 Å². The van der Waals surface area contributed by atoms with Gasteiger partial charge in [0, 0.05) is 42.8 Å². The van der Waals surface area contributed by atoms with Crippen molar-refractivity contribution in [2.24, 2.45) is 0 Å². The normalized spacial score (nSPS) is 31.0. The van der Waals surface area contributed by atoms with Crippen LogP contribution in [-0.4, -0.2) is 71.6 Å². The third-order valence-electron chi connectivity index (χ3n) is 4.81. The van der Waals surface area contributed by atoms with E-state index in [0.717, 1.165) is 12.1 Å². The molecule has 2 saturated heterocycles. The summed E-state index contributed by atoms with van der Waals surface area (Å²) in [6.45, 7) is 15.6. The average molecular weight is 253 g/mol. The lowest BCUT2D eigenvalue weighted by molar-refractivity contribution is 0.0247. The van der Waals surface area contributed by atoms with E-state index in [0.29, 0.717) is 5.54 Å². The molecule has 2 aliphatic rings. The Morgan fingerprint density at radius 2 is 1.61 bits per heavy atom. The Balaban J connectivity index is 1.95. The number of rotatable bonds is 2. The van der Waals surface area contributed by atoms with E-state index in [9.17, 15) is 0 Å². The number of likely N-dealkylation sites (N-methyl/N-ethyl adjacent to an activating group) is 1. The predicted octanol–water partition coefficient (Wildman–Crippen LogP) is 1.88. The maximum absolute atomic E-state index is 2.69. The summed E-state index contributed by atoms with van der Waals surface area (Å²) in [5.74, 6) is 0. The first kappa shape index (κ1) is 14.3. The molecule has 106 valence electrons. The van der Waals surface area contributed by atoms with Gasteiger partial charge in [-0.2, -0.15) is 0 Å². The van der Waals surface area contributed by atoms with Gasteiger partial charge in [0.15, 0.2) is 0 Å². The SMILES string of the molecule is CN(C)C1CN([C@@H]2CN(C(C)(C)C)C(C)(C)C2)C1. The fraction of sp³-hybridized carbons (Fsp3) is 1.00. The monoisotopic (exact) mass is 253 g/mol. The highest BCUT2D eigenvalue weighted by atomic mass is 15.4. The van der Waals surface area contributed by atoms with E-state index in [1.165, 1.54) is 26.1 Å². The predicted molar refractivity (Wildman–Crippen MR) is 78.0 cm³/mol. The molecular formula is C15H31N3. The molecule has 0 bridgehead atoms. The van der Waals surface area contributed by atoms with E-state index in [1.807, 2.05) is 0 Å². The third kappa shape index (κ3) is 2.59. The number of hydrogen-bond donors (Lipinski definition) is 0. The first-order valence-electron chi connectivity index (χ1n) is 7.29. The summed E-state index contributed by atoms with van der Waals surface area (Å²) in [5, 5.41) is 0. The minimum atomic E-state index is 0.282. The van der Waals surface area contributed by atoms with Gasteiger partial charge in [-0.25, -0.2) is 0 Å². The van der Waals surface area contributed by atoms with E-state index in [-0.39, 0.29) is 5.54 Å². The molecule has 0 radical (unpaired) electrons. The van der Waals surface area contributed by atoms with Crippen molar-refractivity contribution in [1.29, 1.82) is 0 Å². The topological polar surface area (TPSA) is 9.72 Å². The van der Waals surface area contributed by atoms with Crippen LogP contribution in [0.25, 0.3) is 0 Å². The second-order valence-electron chi connectivity index (χ2n) is 8.02. The molecule has 3 nitrogen and oxygen atoms in total. The summed E-state index contributed by atoms with van der Waals surface area (Å²) in [4.78, 5) is 7.73. The van der Waals surface area contributed by atoms with Gasteiger partial charge >= 0.3 is 0 Å². The molecule has 1 atom stereocenters. The first-order valence-corrected chi connectivity index (χ1v) is 7.29. The molecule has 0 aromatic rings. The van der Waals surface area contributed by atoms with E-state index in [2.05, 4.69) is 63.4 Å². The van der Waals surface area contributed by atoms with Crippen molar-refractivity contribution in [3.8, 4) is 0 Å². The molecule has 0 spiro atoms. The highest BCUT2D eigenvalue weighted by Crippen LogP contribution is 2.38. The Hall–Kier alpha value is -0.120. The maximum atomic E-state index is 2.69. The Bertz CT molecular complexity index is 297. The van der Waals surface area contributed by atoms with E-state index >= 15 is 0 Å². The Morgan fingerprint density at radius 1 is 1.06 bits per heavy atom. The van der Waals surface area contributed by atoms with Crippen molar-refractivity contribution in [3.63, 3.8) is 0 Å². The summed E-state index contributed by atoms with van der Waals surface area (Å²) >= 11 is 0. The number of nitrogens with zero attached hydrogens (tertiary/aromatic N) is 3. The fourth-order valence-electron chi connectivity index (χ4n) is 3.75. The molecule has 0 N–H and O–H groups in total. The first-order chi connectivity index (χ1) is 8.11. The van der Waals surface area contributed by atoms with Crippen LogP contribution in [0, 0.1) is 0 Å². The molecule has 2 aliphatic heterocycles. The quantitative estimate of drug-likeness (QED) is 0.744. The number of hydrogen-bond acceptors (Lipinski definition) is 3. The van der Waals surface area contributed by atoms with Gasteiger partial charge < -0.3 is 4.90 Å². The van der Waals surface area contributed by atoms with Crippen molar-refractivity contribution < 1.29 is 0 Å². The van der Waals surface area contributed by atoms with Crippen molar-refractivity contribution in [1.82, 2.24) is 14.7 Å². The summed E-state index contributed by atoms with van der Waals surface area (Å²) in [7, 11) is 4.39. The Labute approximate surface area is 113 Å². The molecule has 18 heavy (non-hydrogen) atoms. The lowest BCUT2D eigenvalue weighted by Crippen LogP contribution is -2.61. The van der Waals surface area contributed by atoms with Gasteiger partial charge in [0.05, 0.1) is 0 Å². The van der Waals surface area contributed by atoms with Gasteiger partial charge in [-0.3, -0.25) is 9.80 Å². The van der Waals surface area contributed by atoms with E-state index < -0.39 is 0 Å². The van der Waals surface area contributed by atoms with Crippen molar-refractivity contribution in [3.05, 3.63) is 0 Å². The molecule has 0 saturated carbocycles. The second kappa shape index (κ2) is 4.46. The van der Waals surface area contributed by atoms with Gasteiger partial charge in [-0.05, 0) is 55.1 Å².